The average molecular weight is 243 g/mol. The Morgan fingerprint density at radius 2 is 2.06 bits per heavy atom. The van der Waals surface area contributed by atoms with E-state index in [-0.39, 0.29) is 17.5 Å². The van der Waals surface area contributed by atoms with E-state index in [2.05, 4.69) is 5.32 Å². The molecule has 0 radical (unpaired) electrons. The number of fused-ring (bicyclic) bond motifs is 1. The van der Waals surface area contributed by atoms with Gasteiger partial charge in [-0.1, -0.05) is 12.1 Å². The minimum absolute atomic E-state index is 0.143. The molecule has 1 atom stereocenters. The van der Waals surface area contributed by atoms with E-state index in [1.807, 2.05) is 12.1 Å². The smallest absolute Gasteiger partial charge is 0.123 e. The molecule has 0 saturated heterocycles. The van der Waals surface area contributed by atoms with Crippen molar-refractivity contribution >= 4 is 5.69 Å². The van der Waals surface area contributed by atoms with Crippen molar-refractivity contribution in [2.24, 2.45) is 0 Å². The second kappa shape index (κ2) is 4.33. The zero-order valence-corrected chi connectivity index (χ0v) is 9.86. The maximum Gasteiger partial charge on any atom is 0.123 e. The van der Waals surface area contributed by atoms with Crippen molar-refractivity contribution in [3.8, 4) is 5.75 Å². The first kappa shape index (κ1) is 11.1. The van der Waals surface area contributed by atoms with Crippen molar-refractivity contribution in [2.45, 2.75) is 12.3 Å². The average Bonchev–Trinajstić information content (AvgIpc) is 2.38. The fourth-order valence-electron chi connectivity index (χ4n) is 2.58. The third-order valence-corrected chi connectivity index (χ3v) is 3.41. The quantitative estimate of drug-likeness (QED) is 0.751. The van der Waals surface area contributed by atoms with E-state index >= 15 is 0 Å². The predicted octanol–water partition coefficient (Wildman–Crippen LogP) is 3.48. The van der Waals surface area contributed by atoms with Crippen molar-refractivity contribution in [2.75, 3.05) is 11.9 Å². The summed E-state index contributed by atoms with van der Waals surface area (Å²) in [6.07, 6.45) is 0.903. The van der Waals surface area contributed by atoms with Crippen LogP contribution in [-0.2, 0) is 0 Å². The molecule has 3 heteroatoms. The van der Waals surface area contributed by atoms with E-state index in [9.17, 15) is 9.50 Å². The Bertz CT molecular complexity index is 582. The number of halogens is 1. The van der Waals surface area contributed by atoms with Crippen molar-refractivity contribution < 1.29 is 9.50 Å². The van der Waals surface area contributed by atoms with Gasteiger partial charge in [-0.15, -0.1) is 0 Å². The van der Waals surface area contributed by atoms with E-state index in [4.69, 9.17) is 0 Å². The van der Waals surface area contributed by atoms with Gasteiger partial charge in [0.1, 0.15) is 11.6 Å². The van der Waals surface area contributed by atoms with Crippen LogP contribution < -0.4 is 5.32 Å². The minimum atomic E-state index is -0.215. The molecule has 92 valence electrons. The zero-order chi connectivity index (χ0) is 12.5. The highest BCUT2D eigenvalue weighted by Gasteiger charge is 2.22. The molecule has 0 bridgehead atoms. The molecule has 1 aliphatic rings. The topological polar surface area (TPSA) is 32.3 Å². The van der Waals surface area contributed by atoms with Gasteiger partial charge in [0.25, 0.3) is 0 Å². The first-order valence-electron chi connectivity index (χ1n) is 6.06. The summed E-state index contributed by atoms with van der Waals surface area (Å²) in [7, 11) is 0. The Balaban J connectivity index is 2.08. The Labute approximate surface area is 105 Å². The van der Waals surface area contributed by atoms with Crippen LogP contribution in [0.1, 0.15) is 23.5 Å². The van der Waals surface area contributed by atoms with E-state index in [0.29, 0.717) is 0 Å². The van der Waals surface area contributed by atoms with Crippen LogP contribution >= 0.6 is 0 Å². The fourth-order valence-corrected chi connectivity index (χ4v) is 2.58. The molecule has 0 fully saturated rings. The molecule has 0 amide bonds. The van der Waals surface area contributed by atoms with Gasteiger partial charge in [0.2, 0.25) is 0 Å². The van der Waals surface area contributed by atoms with Crippen LogP contribution in [0.5, 0.6) is 5.75 Å². The molecule has 2 N–H and O–H groups in total. The fraction of sp³-hybridized carbons (Fsp3) is 0.200. The predicted molar refractivity (Wildman–Crippen MR) is 69.5 cm³/mol. The summed E-state index contributed by atoms with van der Waals surface area (Å²) in [5.74, 6) is 0.177. The largest absolute Gasteiger partial charge is 0.508 e. The van der Waals surface area contributed by atoms with Gasteiger partial charge >= 0.3 is 0 Å². The second-order valence-electron chi connectivity index (χ2n) is 4.59. The van der Waals surface area contributed by atoms with Gasteiger partial charge in [-0.3, -0.25) is 0 Å². The molecule has 0 aromatic heterocycles. The standard InChI is InChI=1S/C15H14FNO/c16-11-3-1-2-10(8-11)13-6-7-17-15-5-4-12(18)9-14(13)15/h1-5,8-9,13,17-18H,6-7H2. The van der Waals surface area contributed by atoms with Gasteiger partial charge < -0.3 is 10.4 Å². The van der Waals surface area contributed by atoms with Gasteiger partial charge in [0.05, 0.1) is 0 Å². The Morgan fingerprint density at radius 1 is 1.17 bits per heavy atom. The molecule has 0 saturated carbocycles. The summed E-state index contributed by atoms with van der Waals surface area (Å²) < 4.78 is 13.3. The van der Waals surface area contributed by atoms with Crippen molar-refractivity contribution in [3.05, 3.63) is 59.4 Å². The summed E-state index contributed by atoms with van der Waals surface area (Å²) in [6, 6.07) is 12.0. The number of nitrogens with one attached hydrogen (secondary N) is 1. The molecule has 0 spiro atoms. The van der Waals surface area contributed by atoms with Gasteiger partial charge in [-0.05, 0) is 47.9 Å². The third-order valence-electron chi connectivity index (χ3n) is 3.41. The molecule has 1 aliphatic heterocycles. The maximum atomic E-state index is 13.3. The van der Waals surface area contributed by atoms with Gasteiger partial charge in [0.15, 0.2) is 0 Å². The lowest BCUT2D eigenvalue weighted by Crippen LogP contribution is -2.17. The number of aromatic hydroxyl groups is 1. The first-order chi connectivity index (χ1) is 8.74. The second-order valence-corrected chi connectivity index (χ2v) is 4.59. The van der Waals surface area contributed by atoms with Crippen LogP contribution in [0.25, 0.3) is 0 Å². The summed E-state index contributed by atoms with van der Waals surface area (Å²) in [4.78, 5) is 0. The zero-order valence-electron chi connectivity index (χ0n) is 9.86. The van der Waals surface area contributed by atoms with Gasteiger partial charge in [-0.2, -0.15) is 0 Å². The lowest BCUT2D eigenvalue weighted by molar-refractivity contribution is 0.473. The highest BCUT2D eigenvalue weighted by molar-refractivity contribution is 5.59. The van der Waals surface area contributed by atoms with Crippen LogP contribution in [-0.4, -0.2) is 11.7 Å². The van der Waals surface area contributed by atoms with Crippen LogP contribution in [0.2, 0.25) is 0 Å². The number of phenolic OH excluding ortho intramolecular Hbond substituents is 1. The number of rotatable bonds is 1. The molecule has 2 aromatic rings. The van der Waals surface area contributed by atoms with Gasteiger partial charge in [0, 0.05) is 18.2 Å². The van der Waals surface area contributed by atoms with Crippen LogP contribution in [0, 0.1) is 5.82 Å². The maximum absolute atomic E-state index is 13.3. The number of hydrogen-bond donors (Lipinski definition) is 2. The van der Waals surface area contributed by atoms with Gasteiger partial charge in [-0.25, -0.2) is 4.39 Å². The monoisotopic (exact) mass is 243 g/mol. The Morgan fingerprint density at radius 3 is 2.89 bits per heavy atom. The summed E-state index contributed by atoms with van der Waals surface area (Å²) >= 11 is 0. The van der Waals surface area contributed by atoms with Crippen LogP contribution in [0.3, 0.4) is 0 Å². The summed E-state index contributed by atoms with van der Waals surface area (Å²) in [5, 5.41) is 12.9. The lowest BCUT2D eigenvalue weighted by atomic mass is 9.85. The molecule has 3 rings (SSSR count). The number of benzene rings is 2. The molecule has 1 heterocycles. The highest BCUT2D eigenvalue weighted by atomic mass is 19.1. The Hall–Kier alpha value is -2.03. The normalized spacial score (nSPS) is 17.9. The molecule has 2 aromatic carbocycles. The van der Waals surface area contributed by atoms with Crippen molar-refractivity contribution in [3.63, 3.8) is 0 Å². The third kappa shape index (κ3) is 1.92. The van der Waals surface area contributed by atoms with Crippen molar-refractivity contribution in [1.29, 1.82) is 0 Å². The van der Waals surface area contributed by atoms with Crippen molar-refractivity contribution in [1.82, 2.24) is 0 Å². The summed E-state index contributed by atoms with van der Waals surface area (Å²) in [6.45, 7) is 0.860. The minimum Gasteiger partial charge on any atom is -0.508 e. The number of hydrogen-bond acceptors (Lipinski definition) is 2. The molecule has 18 heavy (non-hydrogen) atoms. The van der Waals surface area contributed by atoms with E-state index in [1.165, 1.54) is 6.07 Å². The molecular formula is C15H14FNO. The van der Waals surface area contributed by atoms with E-state index < -0.39 is 0 Å². The molecule has 1 unspecified atom stereocenters. The van der Waals surface area contributed by atoms with E-state index in [1.54, 1.807) is 24.3 Å². The lowest BCUT2D eigenvalue weighted by Gasteiger charge is -2.27. The van der Waals surface area contributed by atoms with Crippen LogP contribution in [0.15, 0.2) is 42.5 Å². The number of anilines is 1. The number of phenols is 1. The molecule has 2 nitrogen and oxygen atoms in total. The Kier molecular flexibility index (Phi) is 2.67. The summed E-state index contributed by atoms with van der Waals surface area (Å²) in [5.41, 5.74) is 3.02. The SMILES string of the molecule is Oc1ccc2c(c1)C(c1cccc(F)c1)CCN2. The molecular weight excluding hydrogens is 229 g/mol. The highest BCUT2D eigenvalue weighted by Crippen LogP contribution is 2.38. The van der Waals surface area contributed by atoms with Crippen LogP contribution in [0.4, 0.5) is 10.1 Å². The first-order valence-corrected chi connectivity index (χ1v) is 6.06. The molecule has 0 aliphatic carbocycles. The van der Waals surface area contributed by atoms with E-state index in [0.717, 1.165) is 29.8 Å².